The van der Waals surface area contributed by atoms with E-state index in [-0.39, 0.29) is 6.04 Å². The molecule has 2 N–H and O–H groups in total. The summed E-state index contributed by atoms with van der Waals surface area (Å²) in [6.45, 7) is 3.36. The fourth-order valence-electron chi connectivity index (χ4n) is 1.30. The van der Waals surface area contributed by atoms with Crippen LogP contribution in [0.4, 0.5) is 0 Å². The predicted octanol–water partition coefficient (Wildman–Crippen LogP) is -0.0520. The molecule has 94 valence electrons. The zero-order chi connectivity index (χ0) is 12.4. The number of carbonyl (C=O) groups is 1. The number of hydrogen-bond acceptors (Lipinski definition) is 4. The van der Waals surface area contributed by atoms with Crippen molar-refractivity contribution in [3.05, 3.63) is 0 Å². The van der Waals surface area contributed by atoms with Gasteiger partial charge in [-0.25, -0.2) is 13.1 Å². The van der Waals surface area contributed by atoms with E-state index in [4.69, 9.17) is 9.84 Å². The third-order valence-corrected chi connectivity index (χ3v) is 4.89. The minimum absolute atomic E-state index is 0.225. The molecule has 1 heterocycles. The van der Waals surface area contributed by atoms with Crippen LogP contribution in [0.3, 0.4) is 0 Å². The highest BCUT2D eigenvalue weighted by atomic mass is 32.2. The second-order valence-electron chi connectivity index (χ2n) is 4.32. The number of sulfonamides is 1. The zero-order valence-corrected chi connectivity index (χ0v) is 10.2. The van der Waals surface area contributed by atoms with E-state index in [2.05, 4.69) is 4.72 Å². The van der Waals surface area contributed by atoms with E-state index in [1.54, 1.807) is 0 Å². The third-order valence-electron chi connectivity index (χ3n) is 2.73. The standard InChI is InChI=1S/C9H17NO5S/c1-9(2,8(11)12)16(13,14)10-7-3-5-15-6-4-7/h7,10H,3-6H2,1-2H3,(H,11,12). The molecule has 1 rings (SSSR count). The molecule has 0 aromatic heterocycles. The van der Waals surface area contributed by atoms with Crippen molar-refractivity contribution in [3.8, 4) is 0 Å². The topological polar surface area (TPSA) is 92.7 Å². The first-order valence-corrected chi connectivity index (χ1v) is 6.58. The highest BCUT2D eigenvalue weighted by Crippen LogP contribution is 2.18. The Morgan fingerprint density at radius 1 is 1.38 bits per heavy atom. The smallest absolute Gasteiger partial charge is 0.325 e. The second-order valence-corrected chi connectivity index (χ2v) is 6.59. The largest absolute Gasteiger partial charge is 0.480 e. The van der Waals surface area contributed by atoms with Gasteiger partial charge in [-0.2, -0.15) is 0 Å². The van der Waals surface area contributed by atoms with Crippen molar-refractivity contribution in [2.75, 3.05) is 13.2 Å². The van der Waals surface area contributed by atoms with E-state index >= 15 is 0 Å². The van der Waals surface area contributed by atoms with Gasteiger partial charge < -0.3 is 9.84 Å². The molecule has 1 aliphatic heterocycles. The Bertz CT molecular complexity index is 356. The molecule has 0 spiro atoms. The van der Waals surface area contributed by atoms with Crippen LogP contribution in [0, 0.1) is 0 Å². The Hall–Kier alpha value is -0.660. The predicted molar refractivity (Wildman–Crippen MR) is 57.6 cm³/mol. The number of nitrogens with one attached hydrogen (secondary N) is 1. The molecule has 0 aliphatic carbocycles. The van der Waals surface area contributed by atoms with Gasteiger partial charge in [0.1, 0.15) is 0 Å². The molecule has 1 fully saturated rings. The summed E-state index contributed by atoms with van der Waals surface area (Å²) in [6, 6.07) is -0.225. The SMILES string of the molecule is CC(C)(C(=O)O)S(=O)(=O)NC1CCOCC1. The molecule has 0 aromatic rings. The minimum atomic E-state index is -3.86. The van der Waals surface area contributed by atoms with Gasteiger partial charge in [0, 0.05) is 19.3 Å². The summed E-state index contributed by atoms with van der Waals surface area (Å²) in [5.74, 6) is -1.35. The van der Waals surface area contributed by atoms with Gasteiger partial charge in [-0.3, -0.25) is 4.79 Å². The van der Waals surface area contributed by atoms with Crippen molar-refractivity contribution in [3.63, 3.8) is 0 Å². The van der Waals surface area contributed by atoms with Crippen LogP contribution < -0.4 is 4.72 Å². The monoisotopic (exact) mass is 251 g/mol. The third kappa shape index (κ3) is 2.72. The molecular formula is C9H17NO5S. The van der Waals surface area contributed by atoms with Gasteiger partial charge in [0.15, 0.2) is 4.75 Å². The van der Waals surface area contributed by atoms with Crippen LogP contribution >= 0.6 is 0 Å². The summed E-state index contributed by atoms with van der Waals surface area (Å²) in [5.41, 5.74) is 0. The van der Waals surface area contributed by atoms with Crippen LogP contribution in [0.2, 0.25) is 0 Å². The van der Waals surface area contributed by atoms with E-state index in [0.29, 0.717) is 26.1 Å². The Balaban J connectivity index is 2.74. The van der Waals surface area contributed by atoms with E-state index in [1.807, 2.05) is 0 Å². The number of carboxylic acids is 1. The van der Waals surface area contributed by atoms with Gasteiger partial charge >= 0.3 is 5.97 Å². The average molecular weight is 251 g/mol. The van der Waals surface area contributed by atoms with Crippen LogP contribution in [-0.4, -0.2) is 43.5 Å². The van der Waals surface area contributed by atoms with Gasteiger partial charge in [-0.15, -0.1) is 0 Å². The highest BCUT2D eigenvalue weighted by Gasteiger charge is 2.43. The number of hydrogen-bond donors (Lipinski definition) is 2. The molecular weight excluding hydrogens is 234 g/mol. The first kappa shape index (κ1) is 13.4. The summed E-state index contributed by atoms with van der Waals surface area (Å²) in [6.07, 6.45) is 1.16. The van der Waals surface area contributed by atoms with Crippen molar-refractivity contribution in [1.82, 2.24) is 4.72 Å². The lowest BCUT2D eigenvalue weighted by molar-refractivity contribution is -0.139. The summed E-state index contributed by atoms with van der Waals surface area (Å²) in [7, 11) is -3.86. The lowest BCUT2D eigenvalue weighted by Crippen LogP contribution is -2.51. The molecule has 6 nitrogen and oxygen atoms in total. The quantitative estimate of drug-likeness (QED) is 0.730. The van der Waals surface area contributed by atoms with E-state index in [0.717, 1.165) is 0 Å². The Labute approximate surface area is 95.0 Å². The molecule has 0 radical (unpaired) electrons. The van der Waals surface area contributed by atoms with Crippen LogP contribution in [0.25, 0.3) is 0 Å². The molecule has 7 heteroatoms. The molecule has 1 saturated heterocycles. The number of aliphatic carboxylic acids is 1. The normalized spacial score (nSPS) is 19.6. The molecule has 0 aromatic carbocycles. The minimum Gasteiger partial charge on any atom is -0.480 e. The maximum Gasteiger partial charge on any atom is 0.325 e. The summed E-state index contributed by atoms with van der Waals surface area (Å²) >= 11 is 0. The van der Waals surface area contributed by atoms with E-state index in [9.17, 15) is 13.2 Å². The van der Waals surface area contributed by atoms with Crippen LogP contribution in [0.1, 0.15) is 26.7 Å². The fraction of sp³-hybridized carbons (Fsp3) is 0.889. The van der Waals surface area contributed by atoms with Gasteiger partial charge in [-0.05, 0) is 26.7 Å². The summed E-state index contributed by atoms with van der Waals surface area (Å²) in [4.78, 5) is 10.9. The van der Waals surface area contributed by atoms with Gasteiger partial charge in [0.05, 0.1) is 0 Å². The van der Waals surface area contributed by atoms with Crippen molar-refractivity contribution < 1.29 is 23.1 Å². The Kier molecular flexibility index (Phi) is 3.92. The lowest BCUT2D eigenvalue weighted by Gasteiger charge is -2.27. The highest BCUT2D eigenvalue weighted by molar-refractivity contribution is 7.91. The maximum absolute atomic E-state index is 11.8. The maximum atomic E-state index is 11.8. The van der Waals surface area contributed by atoms with Gasteiger partial charge in [0.25, 0.3) is 0 Å². The van der Waals surface area contributed by atoms with Gasteiger partial charge in [-0.1, -0.05) is 0 Å². The van der Waals surface area contributed by atoms with E-state index < -0.39 is 20.7 Å². The fourth-order valence-corrected chi connectivity index (χ4v) is 2.50. The van der Waals surface area contributed by atoms with Crippen molar-refractivity contribution in [1.29, 1.82) is 0 Å². The lowest BCUT2D eigenvalue weighted by atomic mass is 10.1. The molecule has 16 heavy (non-hydrogen) atoms. The van der Waals surface area contributed by atoms with E-state index in [1.165, 1.54) is 13.8 Å². The van der Waals surface area contributed by atoms with Crippen molar-refractivity contribution >= 4 is 16.0 Å². The molecule has 0 amide bonds. The van der Waals surface area contributed by atoms with Crippen LogP contribution in [0.15, 0.2) is 0 Å². The molecule has 0 unspecified atom stereocenters. The van der Waals surface area contributed by atoms with Crippen LogP contribution in [0.5, 0.6) is 0 Å². The Morgan fingerprint density at radius 3 is 2.31 bits per heavy atom. The Morgan fingerprint density at radius 2 is 1.88 bits per heavy atom. The number of rotatable bonds is 4. The number of ether oxygens (including phenoxy) is 1. The first-order valence-electron chi connectivity index (χ1n) is 5.10. The first-order chi connectivity index (χ1) is 7.27. The molecule has 0 bridgehead atoms. The second kappa shape index (κ2) is 4.68. The number of carboxylic acid groups (broad SMARTS) is 1. The summed E-state index contributed by atoms with van der Waals surface area (Å²) < 4.78 is 29.4. The van der Waals surface area contributed by atoms with Crippen molar-refractivity contribution in [2.45, 2.75) is 37.5 Å². The van der Waals surface area contributed by atoms with Gasteiger partial charge in [0.2, 0.25) is 10.0 Å². The molecule has 0 saturated carbocycles. The molecule has 0 atom stereocenters. The summed E-state index contributed by atoms with van der Waals surface area (Å²) in [5, 5.41) is 8.86. The van der Waals surface area contributed by atoms with Crippen LogP contribution in [-0.2, 0) is 19.6 Å². The molecule has 1 aliphatic rings. The van der Waals surface area contributed by atoms with Crippen molar-refractivity contribution in [2.24, 2.45) is 0 Å². The zero-order valence-electron chi connectivity index (χ0n) is 9.39. The average Bonchev–Trinajstić information content (AvgIpc) is 2.18.